The zero-order valence-corrected chi connectivity index (χ0v) is 11.1. The molecule has 1 saturated carbocycles. The van der Waals surface area contributed by atoms with Crippen LogP contribution < -0.4 is 10.1 Å². The number of aliphatic hydroxyl groups excluding tert-OH is 1. The van der Waals surface area contributed by atoms with Crippen molar-refractivity contribution in [2.45, 2.75) is 37.6 Å². The van der Waals surface area contributed by atoms with Gasteiger partial charge >= 0.3 is 0 Å². The molecule has 100 valence electrons. The van der Waals surface area contributed by atoms with Crippen LogP contribution in [0.2, 0.25) is 0 Å². The number of unbranched alkanes of at least 4 members (excludes halogenated alkanes) is 1. The molecular weight excluding hydrogens is 226 g/mol. The maximum Gasteiger partial charge on any atom is 0.118 e. The molecule has 1 aliphatic rings. The average Bonchev–Trinajstić information content (AvgIpc) is 2.37. The summed E-state index contributed by atoms with van der Waals surface area (Å²) in [4.78, 5) is 0. The molecule has 0 saturated heterocycles. The van der Waals surface area contributed by atoms with Crippen LogP contribution in [0.25, 0.3) is 0 Å². The molecule has 18 heavy (non-hydrogen) atoms. The zero-order chi connectivity index (χ0) is 12.8. The van der Waals surface area contributed by atoms with Crippen LogP contribution in [0.1, 0.15) is 37.2 Å². The van der Waals surface area contributed by atoms with Crippen molar-refractivity contribution < 1.29 is 9.84 Å². The standard InChI is InChI=1S/C15H23NO2/c1-18-15-6-4-12(5-7-15)13-10-14(11-13)16-8-2-3-9-17/h4-7,13-14,16-17H,2-3,8-11H2,1H3. The van der Waals surface area contributed by atoms with Crippen LogP contribution in [0, 0.1) is 0 Å². The highest BCUT2D eigenvalue weighted by atomic mass is 16.5. The van der Waals surface area contributed by atoms with Gasteiger partial charge in [-0.3, -0.25) is 0 Å². The maximum absolute atomic E-state index is 8.70. The quantitative estimate of drug-likeness (QED) is 0.729. The van der Waals surface area contributed by atoms with Gasteiger partial charge in [-0.15, -0.1) is 0 Å². The topological polar surface area (TPSA) is 41.5 Å². The summed E-state index contributed by atoms with van der Waals surface area (Å²) in [5.74, 6) is 1.63. The maximum atomic E-state index is 8.70. The third-order valence-corrected chi connectivity index (χ3v) is 3.74. The van der Waals surface area contributed by atoms with E-state index in [0.29, 0.717) is 18.6 Å². The fraction of sp³-hybridized carbons (Fsp3) is 0.600. The van der Waals surface area contributed by atoms with Crippen molar-refractivity contribution >= 4 is 0 Å². The van der Waals surface area contributed by atoms with E-state index >= 15 is 0 Å². The number of aliphatic hydroxyl groups is 1. The van der Waals surface area contributed by atoms with Gasteiger partial charge in [0.1, 0.15) is 5.75 Å². The van der Waals surface area contributed by atoms with Crippen molar-refractivity contribution in [3.63, 3.8) is 0 Å². The number of methoxy groups -OCH3 is 1. The third-order valence-electron chi connectivity index (χ3n) is 3.74. The minimum atomic E-state index is 0.306. The van der Waals surface area contributed by atoms with Gasteiger partial charge in [0.05, 0.1) is 7.11 Å². The largest absolute Gasteiger partial charge is 0.497 e. The molecule has 0 amide bonds. The lowest BCUT2D eigenvalue weighted by Gasteiger charge is -2.36. The second-order valence-corrected chi connectivity index (χ2v) is 5.02. The first kappa shape index (κ1) is 13.4. The van der Waals surface area contributed by atoms with Gasteiger partial charge in [-0.05, 0) is 55.8 Å². The van der Waals surface area contributed by atoms with Crippen molar-refractivity contribution in [1.29, 1.82) is 0 Å². The van der Waals surface area contributed by atoms with Crippen LogP contribution >= 0.6 is 0 Å². The lowest BCUT2D eigenvalue weighted by molar-refractivity contribution is 0.267. The van der Waals surface area contributed by atoms with E-state index in [2.05, 4.69) is 17.4 Å². The van der Waals surface area contributed by atoms with Crippen LogP contribution in [0.5, 0.6) is 5.75 Å². The van der Waals surface area contributed by atoms with Crippen LogP contribution in [0.4, 0.5) is 0 Å². The molecule has 0 heterocycles. The SMILES string of the molecule is COc1ccc(C2CC(NCCCCO)C2)cc1. The van der Waals surface area contributed by atoms with E-state index in [0.717, 1.165) is 25.1 Å². The molecule has 0 spiro atoms. The van der Waals surface area contributed by atoms with Gasteiger partial charge in [-0.25, -0.2) is 0 Å². The van der Waals surface area contributed by atoms with E-state index in [4.69, 9.17) is 9.84 Å². The summed E-state index contributed by atoms with van der Waals surface area (Å²) in [5.41, 5.74) is 1.42. The molecule has 2 rings (SSSR count). The Kier molecular flexibility index (Phi) is 5.02. The zero-order valence-electron chi connectivity index (χ0n) is 11.1. The van der Waals surface area contributed by atoms with Gasteiger partial charge < -0.3 is 15.2 Å². The molecule has 1 aromatic rings. The molecule has 2 N–H and O–H groups in total. The van der Waals surface area contributed by atoms with Gasteiger partial charge in [0.25, 0.3) is 0 Å². The Morgan fingerprint density at radius 3 is 2.56 bits per heavy atom. The molecule has 3 nitrogen and oxygen atoms in total. The molecule has 1 fully saturated rings. The number of rotatable bonds is 7. The van der Waals surface area contributed by atoms with Gasteiger partial charge in [0, 0.05) is 12.6 Å². The van der Waals surface area contributed by atoms with E-state index in [1.807, 2.05) is 12.1 Å². The fourth-order valence-corrected chi connectivity index (χ4v) is 2.48. The molecule has 0 aromatic heterocycles. The fourth-order valence-electron chi connectivity index (χ4n) is 2.48. The van der Waals surface area contributed by atoms with Crippen LogP contribution in [0.15, 0.2) is 24.3 Å². The summed E-state index contributed by atoms with van der Waals surface area (Å²) in [7, 11) is 1.70. The lowest BCUT2D eigenvalue weighted by Crippen LogP contribution is -2.40. The molecular formula is C15H23NO2. The summed E-state index contributed by atoms with van der Waals surface area (Å²) >= 11 is 0. The summed E-state index contributed by atoms with van der Waals surface area (Å²) < 4.78 is 5.17. The number of hydrogen-bond acceptors (Lipinski definition) is 3. The predicted molar refractivity (Wildman–Crippen MR) is 73.1 cm³/mol. The van der Waals surface area contributed by atoms with Crippen molar-refractivity contribution in [2.24, 2.45) is 0 Å². The Morgan fingerprint density at radius 1 is 1.22 bits per heavy atom. The first-order valence-electron chi connectivity index (χ1n) is 6.81. The highest BCUT2D eigenvalue weighted by molar-refractivity contribution is 5.30. The molecule has 0 unspecified atom stereocenters. The Labute approximate surface area is 109 Å². The van der Waals surface area contributed by atoms with Crippen LogP contribution in [0.3, 0.4) is 0 Å². The second kappa shape index (κ2) is 6.76. The van der Waals surface area contributed by atoms with Gasteiger partial charge in [0.2, 0.25) is 0 Å². The van der Waals surface area contributed by atoms with Crippen molar-refractivity contribution in [1.82, 2.24) is 5.32 Å². The highest BCUT2D eigenvalue weighted by Crippen LogP contribution is 2.37. The minimum absolute atomic E-state index is 0.306. The molecule has 0 atom stereocenters. The third kappa shape index (κ3) is 3.47. The number of ether oxygens (including phenoxy) is 1. The van der Waals surface area contributed by atoms with E-state index in [9.17, 15) is 0 Å². The van der Waals surface area contributed by atoms with E-state index in [1.54, 1.807) is 7.11 Å². The predicted octanol–water partition coefficient (Wildman–Crippen LogP) is 2.30. The van der Waals surface area contributed by atoms with Gasteiger partial charge in [0.15, 0.2) is 0 Å². The summed E-state index contributed by atoms with van der Waals surface area (Å²) in [6.45, 7) is 1.33. The van der Waals surface area contributed by atoms with E-state index in [-0.39, 0.29) is 0 Å². The number of nitrogens with one attached hydrogen (secondary N) is 1. The Bertz CT molecular complexity index is 344. The summed E-state index contributed by atoms with van der Waals surface area (Å²) in [6.07, 6.45) is 4.43. The number of hydrogen-bond donors (Lipinski definition) is 2. The summed E-state index contributed by atoms with van der Waals surface area (Å²) in [5, 5.41) is 12.2. The molecule has 3 heteroatoms. The van der Waals surface area contributed by atoms with Crippen molar-refractivity contribution in [3.8, 4) is 5.75 Å². The number of benzene rings is 1. The van der Waals surface area contributed by atoms with E-state index < -0.39 is 0 Å². The smallest absolute Gasteiger partial charge is 0.118 e. The van der Waals surface area contributed by atoms with Crippen molar-refractivity contribution in [2.75, 3.05) is 20.3 Å². The molecule has 1 aliphatic carbocycles. The molecule has 0 aliphatic heterocycles. The van der Waals surface area contributed by atoms with Gasteiger partial charge in [-0.1, -0.05) is 12.1 Å². The average molecular weight is 249 g/mol. The first-order chi connectivity index (χ1) is 8.83. The second-order valence-electron chi connectivity index (χ2n) is 5.02. The minimum Gasteiger partial charge on any atom is -0.497 e. The Morgan fingerprint density at radius 2 is 1.94 bits per heavy atom. The van der Waals surface area contributed by atoms with Crippen molar-refractivity contribution in [3.05, 3.63) is 29.8 Å². The molecule has 0 radical (unpaired) electrons. The first-order valence-corrected chi connectivity index (χ1v) is 6.81. The lowest BCUT2D eigenvalue weighted by atomic mass is 9.76. The molecule has 0 bridgehead atoms. The van der Waals surface area contributed by atoms with Gasteiger partial charge in [-0.2, -0.15) is 0 Å². The van der Waals surface area contributed by atoms with Crippen LogP contribution in [-0.2, 0) is 0 Å². The highest BCUT2D eigenvalue weighted by Gasteiger charge is 2.29. The molecule has 1 aromatic carbocycles. The van der Waals surface area contributed by atoms with Crippen LogP contribution in [-0.4, -0.2) is 31.4 Å². The Balaban J connectivity index is 1.68. The normalized spacial score (nSPS) is 22.6. The Hall–Kier alpha value is -1.06. The van der Waals surface area contributed by atoms with E-state index in [1.165, 1.54) is 18.4 Å². The summed E-state index contributed by atoms with van der Waals surface area (Å²) in [6, 6.07) is 9.09. The monoisotopic (exact) mass is 249 g/mol.